The molecule has 1 aromatic carbocycles. The summed E-state index contributed by atoms with van der Waals surface area (Å²) < 4.78 is 46.0. The molecule has 0 saturated carbocycles. The maximum absolute atomic E-state index is 13.8. The van der Waals surface area contributed by atoms with E-state index in [1.54, 1.807) is 0 Å². The number of carbonyl (C=O) groups is 2. The van der Waals surface area contributed by atoms with Crippen LogP contribution >= 0.6 is 0 Å². The van der Waals surface area contributed by atoms with Gasteiger partial charge in [0.1, 0.15) is 11.3 Å². The SMILES string of the molecule is CCOC(=O)c1cn(-c2ccc(C(=O)O)c(O)c2)cc1C(F)(F)CF. The van der Waals surface area contributed by atoms with Crippen LogP contribution in [0.15, 0.2) is 30.6 Å². The number of halogens is 3. The molecule has 0 radical (unpaired) electrons. The second kappa shape index (κ2) is 6.88. The van der Waals surface area contributed by atoms with Gasteiger partial charge < -0.3 is 19.5 Å². The van der Waals surface area contributed by atoms with E-state index in [4.69, 9.17) is 9.84 Å². The van der Waals surface area contributed by atoms with E-state index < -0.39 is 41.4 Å². The third kappa shape index (κ3) is 3.59. The van der Waals surface area contributed by atoms with Crippen molar-refractivity contribution >= 4 is 11.9 Å². The Balaban J connectivity index is 2.56. The van der Waals surface area contributed by atoms with Crippen LogP contribution in [0.2, 0.25) is 0 Å². The second-order valence-corrected chi connectivity index (χ2v) is 5.06. The predicted octanol–water partition coefficient (Wildman–Crippen LogP) is 3.12. The Morgan fingerprint density at radius 1 is 1.24 bits per heavy atom. The largest absolute Gasteiger partial charge is 0.507 e. The lowest BCUT2D eigenvalue weighted by atomic mass is 10.1. The van der Waals surface area contributed by atoms with Crippen molar-refractivity contribution in [1.82, 2.24) is 4.57 Å². The monoisotopic (exact) mass is 357 g/mol. The number of phenols is 1. The number of ether oxygens (including phenoxy) is 1. The van der Waals surface area contributed by atoms with Crippen molar-refractivity contribution in [3.63, 3.8) is 0 Å². The van der Waals surface area contributed by atoms with E-state index in [1.165, 1.54) is 13.0 Å². The van der Waals surface area contributed by atoms with Crippen LogP contribution in [0, 0.1) is 0 Å². The molecule has 0 aliphatic heterocycles. The maximum Gasteiger partial charge on any atom is 0.340 e. The number of hydrogen-bond acceptors (Lipinski definition) is 4. The zero-order valence-corrected chi connectivity index (χ0v) is 13.0. The average molecular weight is 357 g/mol. The lowest BCUT2D eigenvalue weighted by molar-refractivity contribution is -0.0292. The minimum Gasteiger partial charge on any atom is -0.507 e. The molecule has 0 spiro atoms. The fourth-order valence-corrected chi connectivity index (χ4v) is 2.20. The number of carboxylic acid groups (broad SMARTS) is 1. The summed E-state index contributed by atoms with van der Waals surface area (Å²) in [6.45, 7) is -0.574. The van der Waals surface area contributed by atoms with Crippen LogP contribution in [0.3, 0.4) is 0 Å². The summed E-state index contributed by atoms with van der Waals surface area (Å²) >= 11 is 0. The number of benzene rings is 1. The van der Waals surface area contributed by atoms with Gasteiger partial charge in [0.15, 0.2) is 6.67 Å². The minimum atomic E-state index is -3.91. The summed E-state index contributed by atoms with van der Waals surface area (Å²) in [6.07, 6.45) is 1.84. The first-order valence-electron chi connectivity index (χ1n) is 7.11. The third-order valence-electron chi connectivity index (χ3n) is 3.39. The van der Waals surface area contributed by atoms with Gasteiger partial charge in [0.2, 0.25) is 0 Å². The first-order valence-corrected chi connectivity index (χ1v) is 7.11. The topological polar surface area (TPSA) is 88.8 Å². The minimum absolute atomic E-state index is 0.0568. The predicted molar refractivity (Wildman–Crippen MR) is 80.2 cm³/mol. The Morgan fingerprint density at radius 2 is 1.92 bits per heavy atom. The fraction of sp³-hybridized carbons (Fsp3) is 0.250. The maximum atomic E-state index is 13.8. The Hall–Kier alpha value is -2.97. The van der Waals surface area contributed by atoms with Gasteiger partial charge in [0, 0.05) is 24.1 Å². The summed E-state index contributed by atoms with van der Waals surface area (Å²) in [5.74, 6) is -6.91. The van der Waals surface area contributed by atoms with Crippen LogP contribution in [0.1, 0.15) is 33.2 Å². The molecule has 2 aromatic rings. The zero-order valence-electron chi connectivity index (χ0n) is 13.0. The Bertz CT molecular complexity index is 816. The molecule has 0 saturated heterocycles. The number of aromatic carboxylic acids is 1. The molecule has 0 unspecified atom stereocenters. The average Bonchev–Trinajstić information content (AvgIpc) is 3.01. The van der Waals surface area contributed by atoms with Gasteiger partial charge in [-0.3, -0.25) is 0 Å². The summed E-state index contributed by atoms with van der Waals surface area (Å²) in [5, 5.41) is 18.6. The molecule has 25 heavy (non-hydrogen) atoms. The highest BCUT2D eigenvalue weighted by Gasteiger charge is 2.38. The van der Waals surface area contributed by atoms with E-state index >= 15 is 0 Å². The molecular formula is C16H14F3NO5. The molecule has 2 N–H and O–H groups in total. The lowest BCUT2D eigenvalue weighted by Crippen LogP contribution is -2.19. The summed E-state index contributed by atoms with van der Waals surface area (Å²) in [4.78, 5) is 22.8. The van der Waals surface area contributed by atoms with Crippen molar-refractivity contribution < 1.29 is 37.7 Å². The number of carbonyl (C=O) groups excluding carboxylic acids is 1. The van der Waals surface area contributed by atoms with E-state index in [2.05, 4.69) is 0 Å². The van der Waals surface area contributed by atoms with Gasteiger partial charge in [-0.15, -0.1) is 0 Å². The number of aromatic hydroxyl groups is 1. The van der Waals surface area contributed by atoms with Crippen LogP contribution in [-0.2, 0) is 10.7 Å². The molecule has 1 heterocycles. The van der Waals surface area contributed by atoms with Crippen molar-refractivity contribution in [3.05, 3.63) is 47.3 Å². The molecule has 2 rings (SSSR count). The summed E-state index contributed by atoms with van der Waals surface area (Å²) in [6, 6.07) is 3.34. The van der Waals surface area contributed by atoms with E-state index in [9.17, 15) is 27.9 Å². The van der Waals surface area contributed by atoms with Gasteiger partial charge >= 0.3 is 17.9 Å². The lowest BCUT2D eigenvalue weighted by Gasteiger charge is -2.12. The molecule has 9 heteroatoms. The smallest absolute Gasteiger partial charge is 0.340 e. The molecule has 0 aliphatic carbocycles. The zero-order chi connectivity index (χ0) is 18.8. The number of nitrogens with zero attached hydrogens (tertiary/aromatic N) is 1. The highest BCUT2D eigenvalue weighted by atomic mass is 19.3. The molecule has 134 valence electrons. The molecule has 0 bridgehead atoms. The number of carboxylic acids is 1. The van der Waals surface area contributed by atoms with E-state index in [1.807, 2.05) is 0 Å². The number of esters is 1. The first-order chi connectivity index (χ1) is 11.7. The Kier molecular flexibility index (Phi) is 5.05. The van der Waals surface area contributed by atoms with Crippen molar-refractivity contribution in [3.8, 4) is 11.4 Å². The standard InChI is InChI=1S/C16H14F3NO5/c1-2-25-15(24)11-6-20(7-12(11)16(18,19)8-17)9-3-4-10(14(22)23)13(21)5-9/h3-7,21H,2,8H2,1H3,(H,22,23). The number of rotatable bonds is 6. The van der Waals surface area contributed by atoms with Gasteiger partial charge in [-0.05, 0) is 19.1 Å². The molecule has 0 aliphatic rings. The fourth-order valence-electron chi connectivity index (χ4n) is 2.20. The van der Waals surface area contributed by atoms with Crippen molar-refractivity contribution in [2.75, 3.05) is 13.3 Å². The van der Waals surface area contributed by atoms with Gasteiger partial charge in [-0.1, -0.05) is 0 Å². The van der Waals surface area contributed by atoms with Crippen LogP contribution in [0.25, 0.3) is 5.69 Å². The molecule has 0 fully saturated rings. The van der Waals surface area contributed by atoms with Crippen LogP contribution < -0.4 is 0 Å². The Morgan fingerprint density at radius 3 is 2.44 bits per heavy atom. The van der Waals surface area contributed by atoms with Gasteiger partial charge in [0.25, 0.3) is 0 Å². The molecule has 6 nitrogen and oxygen atoms in total. The Labute approximate surface area is 140 Å². The van der Waals surface area contributed by atoms with Gasteiger partial charge in [-0.25, -0.2) is 14.0 Å². The van der Waals surface area contributed by atoms with Crippen molar-refractivity contribution in [1.29, 1.82) is 0 Å². The second-order valence-electron chi connectivity index (χ2n) is 5.06. The quantitative estimate of drug-likeness (QED) is 0.776. The first kappa shape index (κ1) is 18.4. The third-order valence-corrected chi connectivity index (χ3v) is 3.39. The normalized spacial score (nSPS) is 11.4. The molecule has 1 aromatic heterocycles. The van der Waals surface area contributed by atoms with Crippen LogP contribution in [-0.4, -0.2) is 40.0 Å². The molecular weight excluding hydrogens is 343 g/mol. The number of hydrogen-bond donors (Lipinski definition) is 2. The highest BCUT2D eigenvalue weighted by Crippen LogP contribution is 2.34. The summed E-state index contributed by atoms with van der Waals surface area (Å²) in [5.41, 5.74) is -1.66. The van der Waals surface area contributed by atoms with Crippen LogP contribution in [0.4, 0.5) is 13.2 Å². The number of alkyl halides is 3. The van der Waals surface area contributed by atoms with Gasteiger partial charge in [-0.2, -0.15) is 8.78 Å². The van der Waals surface area contributed by atoms with Crippen molar-refractivity contribution in [2.45, 2.75) is 12.8 Å². The van der Waals surface area contributed by atoms with E-state index in [0.717, 1.165) is 29.1 Å². The highest BCUT2D eigenvalue weighted by molar-refractivity contribution is 5.92. The summed E-state index contributed by atoms with van der Waals surface area (Å²) in [7, 11) is 0. The number of aromatic nitrogens is 1. The molecule has 0 amide bonds. The van der Waals surface area contributed by atoms with Gasteiger partial charge in [0.05, 0.1) is 17.7 Å². The van der Waals surface area contributed by atoms with E-state index in [-0.39, 0.29) is 17.9 Å². The van der Waals surface area contributed by atoms with Crippen molar-refractivity contribution in [2.24, 2.45) is 0 Å². The van der Waals surface area contributed by atoms with E-state index in [0.29, 0.717) is 0 Å². The molecule has 0 atom stereocenters. The van der Waals surface area contributed by atoms with Crippen LogP contribution in [0.5, 0.6) is 5.75 Å².